The number of hydrogen-bond donors (Lipinski definition) is 2. The van der Waals surface area contributed by atoms with Crippen LogP contribution in [0, 0.1) is 0 Å². The molecular weight excluding hydrogens is 213 g/mol. The Labute approximate surface area is 83.7 Å². The Balaban J connectivity index is 3.32. The lowest BCUT2D eigenvalue weighted by atomic mass is 10.1. The summed E-state index contributed by atoms with van der Waals surface area (Å²) < 4.78 is 41.5. The highest BCUT2D eigenvalue weighted by atomic mass is 19.4. The van der Waals surface area contributed by atoms with Gasteiger partial charge >= 0.3 is 6.18 Å². The standard InChI is InChI=1S/C9H9F3O3/c1-15-8-3-5(9(10,11)12)2-7(14)6(8)4-13/h2-3,13-14H,4H2,1H3. The largest absolute Gasteiger partial charge is 0.507 e. The van der Waals surface area contributed by atoms with Gasteiger partial charge in [-0.3, -0.25) is 0 Å². The van der Waals surface area contributed by atoms with Crippen LogP contribution in [0.1, 0.15) is 11.1 Å². The molecule has 1 aromatic rings. The lowest BCUT2D eigenvalue weighted by molar-refractivity contribution is -0.137. The zero-order chi connectivity index (χ0) is 11.6. The summed E-state index contributed by atoms with van der Waals surface area (Å²) in [5, 5.41) is 18.0. The van der Waals surface area contributed by atoms with E-state index in [1.54, 1.807) is 0 Å². The van der Waals surface area contributed by atoms with E-state index in [0.29, 0.717) is 6.07 Å². The van der Waals surface area contributed by atoms with Crippen molar-refractivity contribution < 1.29 is 28.1 Å². The topological polar surface area (TPSA) is 49.7 Å². The molecule has 0 heterocycles. The van der Waals surface area contributed by atoms with Gasteiger partial charge < -0.3 is 14.9 Å². The average molecular weight is 222 g/mol. The number of aliphatic hydroxyl groups excluding tert-OH is 1. The van der Waals surface area contributed by atoms with Gasteiger partial charge in [-0.05, 0) is 12.1 Å². The molecule has 2 N–H and O–H groups in total. The maximum absolute atomic E-state index is 12.3. The van der Waals surface area contributed by atoms with Crippen molar-refractivity contribution in [2.45, 2.75) is 12.8 Å². The van der Waals surface area contributed by atoms with E-state index in [1.165, 1.54) is 0 Å². The van der Waals surface area contributed by atoms with E-state index in [0.717, 1.165) is 13.2 Å². The molecule has 0 saturated carbocycles. The second-order valence-corrected chi connectivity index (χ2v) is 2.83. The highest BCUT2D eigenvalue weighted by Gasteiger charge is 2.32. The number of phenols is 1. The van der Waals surface area contributed by atoms with Crippen molar-refractivity contribution in [1.82, 2.24) is 0 Å². The van der Waals surface area contributed by atoms with Crippen LogP contribution in [0.15, 0.2) is 12.1 Å². The second kappa shape index (κ2) is 3.98. The molecule has 0 bridgehead atoms. The zero-order valence-electron chi connectivity index (χ0n) is 7.80. The van der Waals surface area contributed by atoms with Gasteiger partial charge in [0.2, 0.25) is 0 Å². The van der Waals surface area contributed by atoms with Crippen molar-refractivity contribution in [2.75, 3.05) is 7.11 Å². The van der Waals surface area contributed by atoms with Gasteiger partial charge in [-0.25, -0.2) is 0 Å². The number of aliphatic hydroxyl groups is 1. The average Bonchev–Trinajstić information content (AvgIpc) is 2.15. The van der Waals surface area contributed by atoms with Crippen LogP contribution in [0.4, 0.5) is 13.2 Å². The molecule has 84 valence electrons. The smallest absolute Gasteiger partial charge is 0.416 e. The number of alkyl halides is 3. The number of methoxy groups -OCH3 is 1. The van der Waals surface area contributed by atoms with Gasteiger partial charge in [0.1, 0.15) is 11.5 Å². The summed E-state index contributed by atoms with van der Waals surface area (Å²) in [6.45, 7) is -0.590. The van der Waals surface area contributed by atoms with Crippen LogP contribution < -0.4 is 4.74 Å². The molecule has 0 aliphatic heterocycles. The minimum absolute atomic E-state index is 0.0644. The van der Waals surface area contributed by atoms with E-state index in [4.69, 9.17) is 5.11 Å². The van der Waals surface area contributed by atoms with Gasteiger partial charge in [-0.1, -0.05) is 0 Å². The van der Waals surface area contributed by atoms with E-state index in [-0.39, 0.29) is 11.3 Å². The third kappa shape index (κ3) is 2.33. The molecule has 0 amide bonds. The highest BCUT2D eigenvalue weighted by molar-refractivity contribution is 5.47. The quantitative estimate of drug-likeness (QED) is 0.803. The first-order valence-electron chi connectivity index (χ1n) is 3.98. The third-order valence-electron chi connectivity index (χ3n) is 1.89. The number of benzene rings is 1. The first-order valence-corrected chi connectivity index (χ1v) is 3.98. The Morgan fingerprint density at radius 1 is 1.33 bits per heavy atom. The van der Waals surface area contributed by atoms with Crippen LogP contribution in [0.2, 0.25) is 0 Å². The molecule has 6 heteroatoms. The second-order valence-electron chi connectivity index (χ2n) is 2.83. The minimum atomic E-state index is -4.56. The number of ether oxygens (including phenoxy) is 1. The third-order valence-corrected chi connectivity index (χ3v) is 1.89. The first-order chi connectivity index (χ1) is 6.90. The Morgan fingerprint density at radius 3 is 2.33 bits per heavy atom. The molecule has 0 aliphatic rings. The fourth-order valence-corrected chi connectivity index (χ4v) is 1.14. The zero-order valence-corrected chi connectivity index (χ0v) is 7.80. The predicted molar refractivity (Wildman–Crippen MR) is 45.6 cm³/mol. The van der Waals surface area contributed by atoms with Gasteiger partial charge in [0.25, 0.3) is 0 Å². The molecule has 0 spiro atoms. The summed E-state index contributed by atoms with van der Waals surface area (Å²) in [7, 11) is 1.16. The van der Waals surface area contributed by atoms with Crippen LogP contribution in [0.3, 0.4) is 0 Å². The fourth-order valence-electron chi connectivity index (χ4n) is 1.14. The van der Waals surface area contributed by atoms with Crippen LogP contribution in [-0.2, 0) is 12.8 Å². The molecule has 0 atom stereocenters. The lowest BCUT2D eigenvalue weighted by Gasteiger charge is -2.13. The van der Waals surface area contributed by atoms with E-state index in [2.05, 4.69) is 4.74 Å². The Bertz CT molecular complexity index is 360. The van der Waals surface area contributed by atoms with Gasteiger partial charge in [0.15, 0.2) is 0 Å². The molecule has 15 heavy (non-hydrogen) atoms. The van der Waals surface area contributed by atoms with E-state index in [9.17, 15) is 18.3 Å². The molecule has 0 aliphatic carbocycles. The Hall–Kier alpha value is -1.43. The normalized spacial score (nSPS) is 11.5. The molecule has 3 nitrogen and oxygen atoms in total. The maximum Gasteiger partial charge on any atom is 0.416 e. The Kier molecular flexibility index (Phi) is 3.09. The van der Waals surface area contributed by atoms with E-state index >= 15 is 0 Å². The summed E-state index contributed by atoms with van der Waals surface area (Å²) >= 11 is 0. The number of halogens is 3. The number of rotatable bonds is 2. The van der Waals surface area contributed by atoms with Crippen molar-refractivity contribution in [3.05, 3.63) is 23.3 Å². The molecular formula is C9H9F3O3. The van der Waals surface area contributed by atoms with Crippen molar-refractivity contribution >= 4 is 0 Å². The van der Waals surface area contributed by atoms with Crippen molar-refractivity contribution in [1.29, 1.82) is 0 Å². The lowest BCUT2D eigenvalue weighted by Crippen LogP contribution is -2.06. The first kappa shape index (κ1) is 11.6. The molecule has 0 saturated heterocycles. The molecule has 1 aromatic carbocycles. The van der Waals surface area contributed by atoms with Gasteiger partial charge in [-0.2, -0.15) is 13.2 Å². The molecule has 0 unspecified atom stereocenters. The minimum Gasteiger partial charge on any atom is -0.507 e. The van der Waals surface area contributed by atoms with Gasteiger partial charge in [0, 0.05) is 0 Å². The van der Waals surface area contributed by atoms with E-state index < -0.39 is 24.1 Å². The summed E-state index contributed by atoms with van der Waals surface area (Å²) in [5.41, 5.74) is -1.08. The van der Waals surface area contributed by atoms with Crippen molar-refractivity contribution in [3.8, 4) is 11.5 Å². The van der Waals surface area contributed by atoms with Gasteiger partial charge in [-0.15, -0.1) is 0 Å². The predicted octanol–water partition coefficient (Wildman–Crippen LogP) is 1.91. The van der Waals surface area contributed by atoms with Crippen molar-refractivity contribution in [2.24, 2.45) is 0 Å². The van der Waals surface area contributed by atoms with Crippen LogP contribution in [-0.4, -0.2) is 17.3 Å². The molecule has 0 radical (unpaired) electrons. The number of hydrogen-bond acceptors (Lipinski definition) is 3. The van der Waals surface area contributed by atoms with Crippen LogP contribution >= 0.6 is 0 Å². The SMILES string of the molecule is COc1cc(C(F)(F)F)cc(O)c1CO. The monoisotopic (exact) mass is 222 g/mol. The van der Waals surface area contributed by atoms with Crippen LogP contribution in [0.25, 0.3) is 0 Å². The summed E-state index contributed by atoms with van der Waals surface area (Å²) in [5.74, 6) is -0.825. The van der Waals surface area contributed by atoms with E-state index in [1.807, 2.05) is 0 Å². The Morgan fingerprint density at radius 2 is 1.93 bits per heavy atom. The molecule has 0 aromatic heterocycles. The summed E-state index contributed by atoms with van der Waals surface area (Å²) in [4.78, 5) is 0. The highest BCUT2D eigenvalue weighted by Crippen LogP contribution is 2.37. The van der Waals surface area contributed by atoms with Gasteiger partial charge in [0.05, 0.1) is 24.8 Å². The fraction of sp³-hybridized carbons (Fsp3) is 0.333. The number of aromatic hydroxyl groups is 1. The molecule has 1 rings (SSSR count). The molecule has 0 fully saturated rings. The van der Waals surface area contributed by atoms with Crippen LogP contribution in [0.5, 0.6) is 11.5 Å². The summed E-state index contributed by atoms with van der Waals surface area (Å²) in [6, 6.07) is 1.28. The maximum atomic E-state index is 12.3. The van der Waals surface area contributed by atoms with Crippen molar-refractivity contribution in [3.63, 3.8) is 0 Å². The summed E-state index contributed by atoms with van der Waals surface area (Å²) in [6.07, 6.45) is -4.56.